The predicted molar refractivity (Wildman–Crippen MR) is 73.1 cm³/mol. The first kappa shape index (κ1) is 11.6. The minimum Gasteiger partial charge on any atom is -0.306 e. The molecule has 0 spiro atoms. The number of pyridine rings is 1. The molecule has 0 bridgehead atoms. The molecule has 0 aliphatic rings. The SMILES string of the molecule is CC(C)c1cc(=O)[nH]c(-c2cn3ccccc3n2)n1. The number of nitrogens with zero attached hydrogens (tertiary/aromatic N) is 3. The van der Waals surface area contributed by atoms with Crippen molar-refractivity contribution in [1.82, 2.24) is 19.4 Å². The fourth-order valence-electron chi connectivity index (χ4n) is 1.94. The van der Waals surface area contributed by atoms with Crippen molar-refractivity contribution in [2.24, 2.45) is 0 Å². The van der Waals surface area contributed by atoms with Crippen molar-refractivity contribution >= 4 is 5.65 Å². The zero-order valence-electron chi connectivity index (χ0n) is 10.8. The Morgan fingerprint density at radius 2 is 2.11 bits per heavy atom. The summed E-state index contributed by atoms with van der Waals surface area (Å²) < 4.78 is 1.90. The second kappa shape index (κ2) is 4.35. The number of rotatable bonds is 2. The van der Waals surface area contributed by atoms with Gasteiger partial charge in [0.2, 0.25) is 0 Å². The van der Waals surface area contributed by atoms with Gasteiger partial charge in [0.05, 0.1) is 5.69 Å². The van der Waals surface area contributed by atoms with Crippen LogP contribution in [0.4, 0.5) is 0 Å². The van der Waals surface area contributed by atoms with Gasteiger partial charge < -0.3 is 9.38 Å². The molecular formula is C14H14N4O. The van der Waals surface area contributed by atoms with Crippen molar-refractivity contribution in [1.29, 1.82) is 0 Å². The zero-order chi connectivity index (χ0) is 13.4. The van der Waals surface area contributed by atoms with E-state index in [0.29, 0.717) is 11.5 Å². The molecule has 0 aliphatic carbocycles. The molecular weight excluding hydrogens is 240 g/mol. The topological polar surface area (TPSA) is 63.0 Å². The van der Waals surface area contributed by atoms with Crippen molar-refractivity contribution < 1.29 is 0 Å². The van der Waals surface area contributed by atoms with Gasteiger partial charge in [-0.05, 0) is 18.1 Å². The molecule has 1 N–H and O–H groups in total. The fraction of sp³-hybridized carbons (Fsp3) is 0.214. The van der Waals surface area contributed by atoms with Crippen molar-refractivity contribution in [2.45, 2.75) is 19.8 Å². The molecule has 0 radical (unpaired) electrons. The summed E-state index contributed by atoms with van der Waals surface area (Å²) in [6.07, 6.45) is 3.77. The number of aromatic amines is 1. The van der Waals surface area contributed by atoms with Gasteiger partial charge in [-0.1, -0.05) is 19.9 Å². The van der Waals surface area contributed by atoms with E-state index in [-0.39, 0.29) is 11.5 Å². The molecule has 3 rings (SSSR count). The minimum absolute atomic E-state index is 0.147. The Morgan fingerprint density at radius 1 is 1.26 bits per heavy atom. The lowest BCUT2D eigenvalue weighted by Gasteiger charge is -2.04. The Kier molecular flexibility index (Phi) is 2.67. The largest absolute Gasteiger partial charge is 0.306 e. The Hall–Kier alpha value is -2.43. The number of H-pyrrole nitrogens is 1. The van der Waals surface area contributed by atoms with Crippen LogP contribution in [0.25, 0.3) is 17.2 Å². The van der Waals surface area contributed by atoms with Gasteiger partial charge in [-0.25, -0.2) is 9.97 Å². The van der Waals surface area contributed by atoms with E-state index in [9.17, 15) is 4.79 Å². The smallest absolute Gasteiger partial charge is 0.251 e. The monoisotopic (exact) mass is 254 g/mol. The molecule has 0 amide bonds. The molecule has 3 heterocycles. The summed E-state index contributed by atoms with van der Waals surface area (Å²) in [6.45, 7) is 4.02. The Balaban J connectivity index is 2.18. The van der Waals surface area contributed by atoms with Crippen LogP contribution in [0.15, 0.2) is 41.5 Å². The van der Waals surface area contributed by atoms with Gasteiger partial charge in [0.15, 0.2) is 5.82 Å². The summed E-state index contributed by atoms with van der Waals surface area (Å²) in [6, 6.07) is 7.30. The lowest BCUT2D eigenvalue weighted by Crippen LogP contribution is -2.11. The van der Waals surface area contributed by atoms with Crippen LogP contribution in [-0.2, 0) is 0 Å². The third-order valence-electron chi connectivity index (χ3n) is 2.96. The average molecular weight is 254 g/mol. The van der Waals surface area contributed by atoms with E-state index >= 15 is 0 Å². The van der Waals surface area contributed by atoms with Gasteiger partial charge in [-0.2, -0.15) is 0 Å². The van der Waals surface area contributed by atoms with Crippen molar-refractivity contribution in [2.75, 3.05) is 0 Å². The summed E-state index contributed by atoms with van der Waals surface area (Å²) in [4.78, 5) is 23.3. The van der Waals surface area contributed by atoms with Crippen LogP contribution < -0.4 is 5.56 Å². The summed E-state index contributed by atoms with van der Waals surface area (Å²) >= 11 is 0. The predicted octanol–water partition coefficient (Wildman–Crippen LogP) is 2.21. The van der Waals surface area contributed by atoms with E-state index in [1.165, 1.54) is 6.07 Å². The molecule has 5 heteroatoms. The van der Waals surface area contributed by atoms with Crippen LogP contribution in [0.5, 0.6) is 0 Å². The highest BCUT2D eigenvalue weighted by molar-refractivity contribution is 5.55. The molecule has 0 atom stereocenters. The molecule has 0 aliphatic heterocycles. The molecule has 96 valence electrons. The lowest BCUT2D eigenvalue weighted by atomic mass is 10.1. The normalized spacial score (nSPS) is 11.3. The second-order valence-corrected chi connectivity index (χ2v) is 4.77. The molecule has 0 aromatic carbocycles. The molecule has 0 fully saturated rings. The molecule has 0 saturated heterocycles. The summed E-state index contributed by atoms with van der Waals surface area (Å²) in [5, 5.41) is 0. The van der Waals surface area contributed by atoms with Crippen LogP contribution in [0, 0.1) is 0 Å². The third kappa shape index (κ3) is 2.14. The number of fused-ring (bicyclic) bond motifs is 1. The first-order valence-electron chi connectivity index (χ1n) is 6.19. The third-order valence-corrected chi connectivity index (χ3v) is 2.96. The van der Waals surface area contributed by atoms with E-state index in [0.717, 1.165) is 11.3 Å². The maximum atomic E-state index is 11.7. The number of hydrogen-bond donors (Lipinski definition) is 1. The first-order valence-corrected chi connectivity index (χ1v) is 6.19. The number of aromatic nitrogens is 4. The molecule has 3 aromatic heterocycles. The van der Waals surface area contributed by atoms with E-state index in [2.05, 4.69) is 15.0 Å². The van der Waals surface area contributed by atoms with E-state index in [1.807, 2.05) is 48.8 Å². The van der Waals surface area contributed by atoms with Gasteiger partial charge in [0, 0.05) is 18.5 Å². The Bertz CT molecular complexity index is 752. The van der Waals surface area contributed by atoms with E-state index in [1.54, 1.807) is 0 Å². The van der Waals surface area contributed by atoms with E-state index in [4.69, 9.17) is 0 Å². The van der Waals surface area contributed by atoms with Gasteiger partial charge in [0.25, 0.3) is 5.56 Å². The van der Waals surface area contributed by atoms with Gasteiger partial charge in [-0.3, -0.25) is 4.79 Å². The number of imidazole rings is 1. The van der Waals surface area contributed by atoms with Gasteiger partial charge in [-0.15, -0.1) is 0 Å². The average Bonchev–Trinajstić information content (AvgIpc) is 2.81. The number of nitrogens with one attached hydrogen (secondary N) is 1. The standard InChI is InChI=1S/C14H14N4O/c1-9(2)10-7-13(19)17-14(16-10)11-8-18-6-4-3-5-12(18)15-11/h3-9H,1-2H3,(H,16,17,19). The molecule has 3 aromatic rings. The van der Waals surface area contributed by atoms with Crippen molar-refractivity contribution in [3.05, 3.63) is 52.7 Å². The Morgan fingerprint density at radius 3 is 2.84 bits per heavy atom. The second-order valence-electron chi connectivity index (χ2n) is 4.77. The quantitative estimate of drug-likeness (QED) is 0.762. The Labute approximate surface area is 110 Å². The molecule has 5 nitrogen and oxygen atoms in total. The van der Waals surface area contributed by atoms with Crippen molar-refractivity contribution in [3.8, 4) is 11.5 Å². The van der Waals surface area contributed by atoms with Gasteiger partial charge >= 0.3 is 0 Å². The fourth-order valence-corrected chi connectivity index (χ4v) is 1.94. The van der Waals surface area contributed by atoms with Crippen LogP contribution >= 0.6 is 0 Å². The maximum Gasteiger partial charge on any atom is 0.251 e. The molecule has 19 heavy (non-hydrogen) atoms. The summed E-state index contributed by atoms with van der Waals surface area (Å²) in [7, 11) is 0. The summed E-state index contributed by atoms with van der Waals surface area (Å²) in [5.74, 6) is 0.720. The van der Waals surface area contributed by atoms with Crippen molar-refractivity contribution in [3.63, 3.8) is 0 Å². The minimum atomic E-state index is -0.147. The summed E-state index contributed by atoms with van der Waals surface area (Å²) in [5.41, 5.74) is 2.13. The zero-order valence-corrected chi connectivity index (χ0v) is 10.8. The highest BCUT2D eigenvalue weighted by Gasteiger charge is 2.10. The number of hydrogen-bond acceptors (Lipinski definition) is 3. The van der Waals surface area contributed by atoms with Crippen LogP contribution in [0.2, 0.25) is 0 Å². The van der Waals surface area contributed by atoms with Gasteiger partial charge in [0.1, 0.15) is 11.3 Å². The van der Waals surface area contributed by atoms with Crippen LogP contribution in [-0.4, -0.2) is 19.4 Å². The van der Waals surface area contributed by atoms with Crippen LogP contribution in [0.1, 0.15) is 25.5 Å². The highest BCUT2D eigenvalue weighted by Crippen LogP contribution is 2.16. The molecule has 0 saturated carbocycles. The highest BCUT2D eigenvalue weighted by atomic mass is 16.1. The van der Waals surface area contributed by atoms with E-state index < -0.39 is 0 Å². The lowest BCUT2D eigenvalue weighted by molar-refractivity contribution is 0.811. The van der Waals surface area contributed by atoms with Crippen LogP contribution in [0.3, 0.4) is 0 Å². The molecule has 0 unspecified atom stereocenters. The maximum absolute atomic E-state index is 11.7. The first-order chi connectivity index (χ1) is 9.13.